The molecule has 0 bridgehead atoms. The second-order valence-electron chi connectivity index (χ2n) is 8.11. The van der Waals surface area contributed by atoms with Crippen molar-refractivity contribution in [3.05, 3.63) is 87.9 Å². The number of aromatic nitrogens is 3. The molecule has 1 aliphatic rings. The highest BCUT2D eigenvalue weighted by atomic mass is 35.5. The van der Waals surface area contributed by atoms with E-state index in [4.69, 9.17) is 16.3 Å². The first-order chi connectivity index (χ1) is 15.7. The van der Waals surface area contributed by atoms with Gasteiger partial charge in [-0.25, -0.2) is 0 Å². The zero-order valence-corrected chi connectivity index (χ0v) is 18.5. The van der Waals surface area contributed by atoms with Crippen molar-refractivity contribution >= 4 is 22.5 Å². The Kier molecular flexibility index (Phi) is 5.97. The summed E-state index contributed by atoms with van der Waals surface area (Å²) in [7, 11) is 0. The first kappa shape index (κ1) is 20.8. The van der Waals surface area contributed by atoms with Crippen LogP contribution in [-0.4, -0.2) is 38.9 Å². The number of hydrogen-bond donors (Lipinski definition) is 0. The van der Waals surface area contributed by atoms with Gasteiger partial charge in [0.05, 0.1) is 18.3 Å². The summed E-state index contributed by atoms with van der Waals surface area (Å²) < 4.78 is 9.43. The van der Waals surface area contributed by atoms with Gasteiger partial charge >= 0.3 is 0 Å². The Hall–Kier alpha value is -3.09. The molecule has 164 valence electrons. The maximum absolute atomic E-state index is 12.7. The number of pyridine rings is 1. The lowest BCUT2D eigenvalue weighted by Gasteiger charge is -2.14. The van der Waals surface area contributed by atoms with Gasteiger partial charge in [-0.05, 0) is 56.3 Å². The Labute approximate surface area is 191 Å². The van der Waals surface area contributed by atoms with Crippen LogP contribution in [0, 0.1) is 0 Å². The van der Waals surface area contributed by atoms with Crippen molar-refractivity contribution in [1.29, 1.82) is 0 Å². The van der Waals surface area contributed by atoms with E-state index < -0.39 is 0 Å². The zero-order chi connectivity index (χ0) is 21.9. The molecule has 0 saturated carbocycles. The van der Waals surface area contributed by atoms with Crippen LogP contribution in [0.4, 0.5) is 0 Å². The molecule has 0 N–H and O–H groups in total. The highest BCUT2D eigenvalue weighted by Gasteiger charge is 2.12. The molecule has 1 aliphatic heterocycles. The molecular formula is C25H25ClN4O2. The predicted molar refractivity (Wildman–Crippen MR) is 127 cm³/mol. The van der Waals surface area contributed by atoms with Crippen LogP contribution in [0.2, 0.25) is 5.02 Å². The number of nitrogens with zero attached hydrogens (tertiary/aromatic N) is 4. The maximum Gasteiger partial charge on any atom is 0.258 e. The molecule has 2 aromatic heterocycles. The molecular weight excluding hydrogens is 424 g/mol. The Morgan fingerprint density at radius 1 is 1.00 bits per heavy atom. The minimum absolute atomic E-state index is 0.151. The molecule has 0 atom stereocenters. The van der Waals surface area contributed by atoms with E-state index in [2.05, 4.69) is 10.00 Å². The first-order valence-electron chi connectivity index (χ1n) is 10.9. The lowest BCUT2D eigenvalue weighted by molar-refractivity contribution is 0.305. The topological polar surface area (TPSA) is 52.3 Å². The summed E-state index contributed by atoms with van der Waals surface area (Å²) in [5, 5.41) is 6.23. The van der Waals surface area contributed by atoms with Crippen molar-refractivity contribution in [2.24, 2.45) is 0 Å². The molecule has 7 heteroatoms. The largest absolute Gasteiger partial charge is 0.489 e. The number of benzene rings is 2. The van der Waals surface area contributed by atoms with Crippen LogP contribution in [0.25, 0.3) is 16.6 Å². The molecule has 1 saturated heterocycles. The van der Waals surface area contributed by atoms with E-state index in [1.807, 2.05) is 53.3 Å². The third kappa shape index (κ3) is 4.42. The van der Waals surface area contributed by atoms with Gasteiger partial charge in [0.15, 0.2) is 0 Å². The SMILES string of the molecule is O=c1cc(OCc2ccccc2Cl)ccn1-c1ccc2c(cnn2CCN2CCCC2)c1. The summed E-state index contributed by atoms with van der Waals surface area (Å²) in [5.41, 5.74) is 2.62. The highest BCUT2D eigenvalue weighted by molar-refractivity contribution is 6.31. The van der Waals surface area contributed by atoms with Gasteiger partial charge in [0.2, 0.25) is 0 Å². The van der Waals surface area contributed by atoms with E-state index >= 15 is 0 Å². The van der Waals surface area contributed by atoms with Crippen molar-refractivity contribution in [1.82, 2.24) is 19.2 Å². The average Bonchev–Trinajstić information content (AvgIpc) is 3.46. The maximum atomic E-state index is 12.7. The van der Waals surface area contributed by atoms with Gasteiger partial charge in [-0.3, -0.25) is 14.0 Å². The summed E-state index contributed by atoms with van der Waals surface area (Å²) in [4.78, 5) is 15.2. The third-order valence-electron chi connectivity index (χ3n) is 5.97. The third-order valence-corrected chi connectivity index (χ3v) is 6.34. The van der Waals surface area contributed by atoms with Crippen LogP contribution in [0.3, 0.4) is 0 Å². The quantitative estimate of drug-likeness (QED) is 0.417. The molecule has 6 nitrogen and oxygen atoms in total. The molecule has 1 fully saturated rings. The summed E-state index contributed by atoms with van der Waals surface area (Å²) in [6, 6.07) is 16.8. The second-order valence-corrected chi connectivity index (χ2v) is 8.52. The van der Waals surface area contributed by atoms with Crippen molar-refractivity contribution in [3.63, 3.8) is 0 Å². The fraction of sp³-hybridized carbons (Fsp3) is 0.280. The van der Waals surface area contributed by atoms with Crippen molar-refractivity contribution in [2.75, 3.05) is 19.6 Å². The molecule has 4 aromatic rings. The fourth-order valence-electron chi connectivity index (χ4n) is 4.19. The van der Waals surface area contributed by atoms with Crippen molar-refractivity contribution < 1.29 is 4.74 Å². The number of hydrogen-bond acceptors (Lipinski definition) is 4. The Balaban J connectivity index is 1.31. The smallest absolute Gasteiger partial charge is 0.258 e. The van der Waals surface area contributed by atoms with Crippen LogP contribution in [0.5, 0.6) is 5.75 Å². The number of ether oxygens (including phenoxy) is 1. The van der Waals surface area contributed by atoms with E-state index in [1.54, 1.807) is 16.8 Å². The average molecular weight is 449 g/mol. The van der Waals surface area contributed by atoms with Crippen molar-refractivity contribution in [3.8, 4) is 11.4 Å². The van der Waals surface area contributed by atoms with E-state index in [0.29, 0.717) is 17.4 Å². The van der Waals surface area contributed by atoms with Crippen molar-refractivity contribution in [2.45, 2.75) is 26.0 Å². The zero-order valence-electron chi connectivity index (χ0n) is 17.8. The first-order valence-corrected chi connectivity index (χ1v) is 11.3. The number of rotatable bonds is 7. The molecule has 0 amide bonds. The van der Waals surface area contributed by atoms with E-state index in [1.165, 1.54) is 32.0 Å². The number of fused-ring (bicyclic) bond motifs is 1. The van der Waals surface area contributed by atoms with Crippen LogP contribution in [0.15, 0.2) is 71.8 Å². The van der Waals surface area contributed by atoms with Crippen LogP contribution >= 0.6 is 11.6 Å². The Morgan fingerprint density at radius 3 is 2.66 bits per heavy atom. The standard InChI is InChI=1S/C25H25ClN4O2/c26-23-6-2-1-5-19(23)18-32-22-9-12-29(25(31)16-22)21-7-8-24-20(15-21)17-27-30(24)14-13-28-10-3-4-11-28/h1-2,5-9,12,15-17H,3-4,10-11,13-14,18H2. The second kappa shape index (κ2) is 9.18. The summed E-state index contributed by atoms with van der Waals surface area (Å²) in [6.45, 7) is 4.58. The monoisotopic (exact) mass is 448 g/mol. The molecule has 0 unspecified atom stereocenters. The van der Waals surface area contributed by atoms with E-state index in [0.717, 1.165) is 35.2 Å². The summed E-state index contributed by atoms with van der Waals surface area (Å²) in [5.74, 6) is 0.516. The van der Waals surface area contributed by atoms with Crippen LogP contribution in [0.1, 0.15) is 18.4 Å². The normalized spacial score (nSPS) is 14.3. The Morgan fingerprint density at radius 2 is 1.84 bits per heavy atom. The van der Waals surface area contributed by atoms with E-state index in [-0.39, 0.29) is 5.56 Å². The van der Waals surface area contributed by atoms with Gasteiger partial charge < -0.3 is 9.64 Å². The van der Waals surface area contributed by atoms with E-state index in [9.17, 15) is 4.79 Å². The lowest BCUT2D eigenvalue weighted by Crippen LogP contribution is -2.24. The van der Waals surface area contributed by atoms with Gasteiger partial charge in [0.25, 0.3) is 5.56 Å². The Bertz CT molecular complexity index is 1290. The summed E-state index contributed by atoms with van der Waals surface area (Å²) >= 11 is 6.17. The highest BCUT2D eigenvalue weighted by Crippen LogP contribution is 2.20. The summed E-state index contributed by atoms with van der Waals surface area (Å²) in [6.07, 6.45) is 6.20. The molecule has 0 spiro atoms. The molecule has 2 aromatic carbocycles. The van der Waals surface area contributed by atoms with Gasteiger partial charge in [-0.2, -0.15) is 5.10 Å². The number of halogens is 1. The minimum Gasteiger partial charge on any atom is -0.489 e. The molecule has 0 aliphatic carbocycles. The minimum atomic E-state index is -0.151. The molecule has 5 rings (SSSR count). The van der Waals surface area contributed by atoms with Gasteiger partial charge in [0, 0.05) is 40.5 Å². The van der Waals surface area contributed by atoms with Crippen LogP contribution in [-0.2, 0) is 13.2 Å². The lowest BCUT2D eigenvalue weighted by atomic mass is 10.2. The molecule has 32 heavy (non-hydrogen) atoms. The fourth-order valence-corrected chi connectivity index (χ4v) is 4.38. The van der Waals surface area contributed by atoms with Gasteiger partial charge in [-0.15, -0.1) is 0 Å². The molecule has 0 radical (unpaired) electrons. The molecule has 3 heterocycles. The van der Waals surface area contributed by atoms with Crippen LogP contribution < -0.4 is 10.3 Å². The van der Waals surface area contributed by atoms with Gasteiger partial charge in [0.1, 0.15) is 12.4 Å². The predicted octanol–water partition coefficient (Wildman–Crippen LogP) is 4.52. The van der Waals surface area contributed by atoms with Gasteiger partial charge in [-0.1, -0.05) is 29.8 Å². The number of likely N-dealkylation sites (tertiary alicyclic amines) is 1.